The molecular formula is C22H22N6O3S. The molecule has 0 atom stereocenters. The summed E-state index contributed by atoms with van der Waals surface area (Å²) < 4.78 is 25.3. The summed E-state index contributed by atoms with van der Waals surface area (Å²) in [5, 5.41) is 14.3. The second-order valence-corrected chi connectivity index (χ2v) is 10.2. The number of nitrogens with zero attached hydrogens (tertiary/aromatic N) is 5. The summed E-state index contributed by atoms with van der Waals surface area (Å²) in [6, 6.07) is 7.66. The Morgan fingerprint density at radius 2 is 1.91 bits per heavy atom. The molecule has 0 radical (unpaired) electrons. The highest BCUT2D eigenvalue weighted by atomic mass is 32.2. The van der Waals surface area contributed by atoms with Crippen molar-refractivity contribution in [2.75, 3.05) is 17.2 Å². The van der Waals surface area contributed by atoms with E-state index in [4.69, 9.17) is 10.7 Å². The van der Waals surface area contributed by atoms with E-state index < -0.39 is 9.84 Å². The normalized spacial score (nSPS) is 16.4. The SMILES string of the molecule is Nc1c(CO)c(C2CCS(=O)(=O)CC2)nc2c(-c3ccc(-c4cccnc4)nc3)cnn12. The monoisotopic (exact) mass is 450 g/mol. The average Bonchev–Trinajstić information content (AvgIpc) is 3.24. The van der Waals surface area contributed by atoms with Gasteiger partial charge in [-0.3, -0.25) is 9.97 Å². The Hall–Kier alpha value is -3.37. The first-order valence-electron chi connectivity index (χ1n) is 10.3. The molecule has 5 rings (SSSR count). The minimum atomic E-state index is -3.02. The van der Waals surface area contributed by atoms with Gasteiger partial charge in [0.2, 0.25) is 0 Å². The van der Waals surface area contributed by atoms with Gasteiger partial charge in [-0.05, 0) is 31.0 Å². The second-order valence-electron chi connectivity index (χ2n) is 7.91. The molecule has 4 aromatic rings. The number of pyridine rings is 2. The lowest BCUT2D eigenvalue weighted by Crippen LogP contribution is -2.24. The quantitative estimate of drug-likeness (QED) is 0.483. The Morgan fingerprint density at radius 3 is 2.56 bits per heavy atom. The number of anilines is 1. The molecule has 0 aliphatic carbocycles. The van der Waals surface area contributed by atoms with E-state index in [0.29, 0.717) is 35.6 Å². The van der Waals surface area contributed by atoms with Crippen molar-refractivity contribution in [1.82, 2.24) is 24.6 Å². The zero-order chi connectivity index (χ0) is 22.3. The molecule has 0 amide bonds. The summed E-state index contributed by atoms with van der Waals surface area (Å²) in [5.41, 5.74) is 11.4. The maximum Gasteiger partial charge on any atom is 0.165 e. The molecule has 4 aromatic heterocycles. The largest absolute Gasteiger partial charge is 0.391 e. The molecule has 3 N–H and O–H groups in total. The van der Waals surface area contributed by atoms with E-state index in [-0.39, 0.29) is 24.0 Å². The van der Waals surface area contributed by atoms with Gasteiger partial charge in [0.15, 0.2) is 5.65 Å². The second kappa shape index (κ2) is 7.95. The van der Waals surface area contributed by atoms with Gasteiger partial charge in [0.1, 0.15) is 15.7 Å². The first-order valence-corrected chi connectivity index (χ1v) is 12.1. The van der Waals surface area contributed by atoms with E-state index in [1.807, 2.05) is 24.3 Å². The molecule has 9 nitrogen and oxygen atoms in total. The minimum Gasteiger partial charge on any atom is -0.391 e. The maximum absolute atomic E-state index is 11.9. The van der Waals surface area contributed by atoms with E-state index in [2.05, 4.69) is 15.1 Å². The fourth-order valence-electron chi connectivity index (χ4n) is 4.17. The third-order valence-electron chi connectivity index (χ3n) is 5.95. The third kappa shape index (κ3) is 3.61. The van der Waals surface area contributed by atoms with Gasteiger partial charge in [-0.2, -0.15) is 9.61 Å². The van der Waals surface area contributed by atoms with Crippen molar-refractivity contribution >= 4 is 21.3 Å². The number of aliphatic hydroxyl groups excluding tert-OH is 1. The van der Waals surface area contributed by atoms with E-state index in [1.165, 1.54) is 4.52 Å². The average molecular weight is 451 g/mol. The van der Waals surface area contributed by atoms with E-state index >= 15 is 0 Å². The summed E-state index contributed by atoms with van der Waals surface area (Å²) in [4.78, 5) is 13.5. The molecule has 0 spiro atoms. The highest BCUT2D eigenvalue weighted by Gasteiger charge is 2.29. The van der Waals surface area contributed by atoms with Crippen LogP contribution in [0.2, 0.25) is 0 Å². The Kier molecular flexibility index (Phi) is 5.10. The van der Waals surface area contributed by atoms with Gasteiger partial charge < -0.3 is 10.8 Å². The van der Waals surface area contributed by atoms with Crippen LogP contribution in [0.25, 0.3) is 28.0 Å². The molecule has 1 saturated heterocycles. The van der Waals surface area contributed by atoms with Crippen LogP contribution in [-0.2, 0) is 16.4 Å². The molecule has 32 heavy (non-hydrogen) atoms. The predicted molar refractivity (Wildman–Crippen MR) is 120 cm³/mol. The zero-order valence-electron chi connectivity index (χ0n) is 17.2. The number of hydrogen-bond acceptors (Lipinski definition) is 8. The van der Waals surface area contributed by atoms with Crippen molar-refractivity contribution < 1.29 is 13.5 Å². The van der Waals surface area contributed by atoms with Crippen molar-refractivity contribution in [2.45, 2.75) is 25.4 Å². The molecule has 164 valence electrons. The summed E-state index contributed by atoms with van der Waals surface area (Å²) in [6.07, 6.45) is 7.82. The maximum atomic E-state index is 11.9. The summed E-state index contributed by atoms with van der Waals surface area (Å²) in [5.74, 6) is 0.455. The predicted octanol–water partition coefficient (Wildman–Crippen LogP) is 2.22. The lowest BCUT2D eigenvalue weighted by atomic mass is 9.94. The summed E-state index contributed by atoms with van der Waals surface area (Å²) in [7, 11) is -3.02. The number of aromatic nitrogens is 5. The van der Waals surface area contributed by atoms with Crippen LogP contribution in [0.3, 0.4) is 0 Å². The molecule has 1 fully saturated rings. The van der Waals surface area contributed by atoms with Crippen LogP contribution >= 0.6 is 0 Å². The van der Waals surface area contributed by atoms with Crippen LogP contribution in [0.5, 0.6) is 0 Å². The Balaban J connectivity index is 1.57. The number of nitrogen functional groups attached to an aromatic ring is 1. The van der Waals surface area contributed by atoms with E-state index in [1.54, 1.807) is 24.8 Å². The molecule has 0 aromatic carbocycles. The van der Waals surface area contributed by atoms with Gasteiger partial charge in [-0.15, -0.1) is 0 Å². The highest BCUT2D eigenvalue weighted by molar-refractivity contribution is 7.91. The smallest absolute Gasteiger partial charge is 0.165 e. The highest BCUT2D eigenvalue weighted by Crippen LogP contribution is 2.35. The van der Waals surface area contributed by atoms with Gasteiger partial charge in [-0.1, -0.05) is 6.07 Å². The van der Waals surface area contributed by atoms with Crippen LogP contribution in [0.15, 0.2) is 49.1 Å². The number of sulfone groups is 1. The number of rotatable bonds is 4. The molecule has 0 saturated carbocycles. The topological polar surface area (TPSA) is 136 Å². The van der Waals surface area contributed by atoms with Crippen molar-refractivity contribution in [3.8, 4) is 22.4 Å². The number of hydrogen-bond donors (Lipinski definition) is 2. The molecule has 5 heterocycles. The van der Waals surface area contributed by atoms with Gasteiger partial charge in [0.25, 0.3) is 0 Å². The Morgan fingerprint density at radius 1 is 1.09 bits per heavy atom. The molecule has 10 heteroatoms. The number of aliphatic hydroxyl groups is 1. The Labute approximate surface area is 184 Å². The molecule has 1 aliphatic heterocycles. The summed E-state index contributed by atoms with van der Waals surface area (Å²) in [6.45, 7) is -0.288. The molecule has 1 aliphatic rings. The fourth-order valence-corrected chi connectivity index (χ4v) is 5.66. The van der Waals surface area contributed by atoms with Crippen LogP contribution in [0.1, 0.15) is 30.0 Å². The van der Waals surface area contributed by atoms with Gasteiger partial charge >= 0.3 is 0 Å². The molecular weight excluding hydrogens is 428 g/mol. The molecule has 0 unspecified atom stereocenters. The number of fused-ring (bicyclic) bond motifs is 1. The first kappa shape index (κ1) is 20.5. The van der Waals surface area contributed by atoms with Crippen molar-refractivity contribution in [3.63, 3.8) is 0 Å². The minimum absolute atomic E-state index is 0.0817. The van der Waals surface area contributed by atoms with Gasteiger partial charge in [0.05, 0.1) is 35.7 Å². The lowest BCUT2D eigenvalue weighted by molar-refractivity contribution is 0.279. The van der Waals surface area contributed by atoms with Crippen LogP contribution < -0.4 is 5.73 Å². The first-order chi connectivity index (χ1) is 15.5. The van der Waals surface area contributed by atoms with Gasteiger partial charge in [0, 0.05) is 46.8 Å². The number of nitrogens with two attached hydrogens (primary N) is 1. The third-order valence-corrected chi connectivity index (χ3v) is 7.66. The van der Waals surface area contributed by atoms with Crippen LogP contribution in [0, 0.1) is 0 Å². The standard InChI is InChI=1S/C22H22N6O3S/c23-21-18(13-29)20(14-5-8-32(30,31)9-6-14)27-22-17(12-26-28(21)22)15-3-4-19(25-11-15)16-2-1-7-24-10-16/h1-4,7,10-12,14,29H,5-6,8-9,13,23H2. The summed E-state index contributed by atoms with van der Waals surface area (Å²) >= 11 is 0. The van der Waals surface area contributed by atoms with Crippen molar-refractivity contribution in [2.24, 2.45) is 0 Å². The van der Waals surface area contributed by atoms with Crippen LogP contribution in [0.4, 0.5) is 5.82 Å². The van der Waals surface area contributed by atoms with Crippen molar-refractivity contribution in [1.29, 1.82) is 0 Å². The fraction of sp³-hybridized carbons (Fsp3) is 0.273. The van der Waals surface area contributed by atoms with E-state index in [0.717, 1.165) is 22.4 Å². The van der Waals surface area contributed by atoms with Crippen LogP contribution in [-0.4, -0.2) is 49.6 Å². The van der Waals surface area contributed by atoms with Gasteiger partial charge in [-0.25, -0.2) is 13.4 Å². The zero-order valence-corrected chi connectivity index (χ0v) is 18.0. The molecule has 0 bridgehead atoms. The Bertz CT molecular complexity index is 1370. The van der Waals surface area contributed by atoms with E-state index in [9.17, 15) is 13.5 Å². The van der Waals surface area contributed by atoms with Crippen molar-refractivity contribution in [3.05, 3.63) is 60.3 Å². The lowest BCUT2D eigenvalue weighted by Gasteiger charge is -2.24.